The first-order valence-corrected chi connectivity index (χ1v) is 19.9. The molecular weight excluding hydrogens is 744 g/mol. The zero-order valence-corrected chi connectivity index (χ0v) is 32.1. The molecule has 3 saturated heterocycles. The second kappa shape index (κ2) is 14.3. The van der Waals surface area contributed by atoms with E-state index in [9.17, 15) is 19.2 Å². The summed E-state index contributed by atoms with van der Waals surface area (Å²) >= 11 is 0. The van der Waals surface area contributed by atoms with Gasteiger partial charge in [-0.05, 0) is 73.4 Å². The van der Waals surface area contributed by atoms with Gasteiger partial charge in [-0.2, -0.15) is 0 Å². The Morgan fingerprint density at radius 3 is 2.38 bits per heavy atom. The maximum atomic E-state index is 15.4. The Labute approximate surface area is 334 Å². The third-order valence-corrected chi connectivity index (χ3v) is 12.4. The van der Waals surface area contributed by atoms with Crippen molar-refractivity contribution in [1.82, 2.24) is 25.1 Å². The summed E-state index contributed by atoms with van der Waals surface area (Å²) < 4.78 is 21.1. The number of hydrogen-bond donors (Lipinski definition) is 3. The summed E-state index contributed by atoms with van der Waals surface area (Å²) in [6.07, 6.45) is 4.90. The lowest BCUT2D eigenvalue weighted by Crippen LogP contribution is -2.63. The number of hydrogen-bond acceptors (Lipinski definition) is 13. The Morgan fingerprint density at radius 2 is 1.60 bits per heavy atom. The molecule has 0 radical (unpaired) electrons. The van der Waals surface area contributed by atoms with E-state index in [2.05, 4.69) is 72.9 Å². The number of ether oxygens (including phenoxy) is 1. The van der Waals surface area contributed by atoms with Gasteiger partial charge < -0.3 is 30.1 Å². The number of rotatable bonds is 7. The second-order valence-electron chi connectivity index (χ2n) is 15.8. The molecule has 1 atom stereocenters. The minimum Gasteiger partial charge on any atom is -0.474 e. The number of amides is 4. The molecule has 16 heteroatoms. The molecule has 4 amide bonds. The molecule has 6 aliphatic rings. The van der Waals surface area contributed by atoms with Crippen molar-refractivity contribution in [3.05, 3.63) is 88.5 Å². The van der Waals surface area contributed by atoms with Crippen molar-refractivity contribution >= 4 is 57.9 Å². The number of aromatic nitrogens is 2. The van der Waals surface area contributed by atoms with Crippen molar-refractivity contribution in [2.45, 2.75) is 44.8 Å². The topological polar surface area (TPSA) is 156 Å². The molecule has 15 nitrogen and oxygen atoms in total. The summed E-state index contributed by atoms with van der Waals surface area (Å²) in [6.45, 7) is 9.84. The quantitative estimate of drug-likeness (QED) is 0.235. The number of imide groups is 2. The Balaban J connectivity index is 0.725. The highest BCUT2D eigenvalue weighted by Gasteiger charge is 2.46. The lowest BCUT2D eigenvalue weighted by atomic mass is 10.0. The van der Waals surface area contributed by atoms with Gasteiger partial charge in [-0.15, -0.1) is 0 Å². The number of piperidine rings is 1. The number of fused-ring (bicyclic) bond motifs is 3. The van der Waals surface area contributed by atoms with Crippen molar-refractivity contribution < 1.29 is 28.3 Å². The van der Waals surface area contributed by atoms with E-state index in [1.54, 1.807) is 0 Å². The smallest absolute Gasteiger partial charge is 0.262 e. The fraction of sp³-hybridized carbons (Fsp3) is 0.381. The third-order valence-electron chi connectivity index (χ3n) is 12.4. The predicted molar refractivity (Wildman–Crippen MR) is 215 cm³/mol. The minimum absolute atomic E-state index is 0.0239. The Bertz CT molecular complexity index is 2360. The maximum Gasteiger partial charge on any atom is 0.262 e. The van der Waals surface area contributed by atoms with E-state index in [-0.39, 0.29) is 35.7 Å². The van der Waals surface area contributed by atoms with Crippen LogP contribution in [-0.4, -0.2) is 114 Å². The molecule has 10 rings (SSSR count). The molecule has 0 spiro atoms. The van der Waals surface area contributed by atoms with Crippen molar-refractivity contribution in [1.29, 1.82) is 0 Å². The van der Waals surface area contributed by atoms with Gasteiger partial charge in [-0.3, -0.25) is 34.3 Å². The summed E-state index contributed by atoms with van der Waals surface area (Å²) in [5.74, 6) is -1.59. The third kappa shape index (κ3) is 6.31. The van der Waals surface area contributed by atoms with Crippen LogP contribution in [0.2, 0.25) is 0 Å². The molecule has 2 aromatic carbocycles. The first-order valence-electron chi connectivity index (χ1n) is 19.9. The summed E-state index contributed by atoms with van der Waals surface area (Å²) in [5, 5.41) is 9.13. The van der Waals surface area contributed by atoms with Gasteiger partial charge in [0.05, 0.1) is 28.7 Å². The van der Waals surface area contributed by atoms with Gasteiger partial charge in [0.15, 0.2) is 0 Å². The molecule has 8 heterocycles. The number of nitrogens with zero attached hydrogens (tertiary/aromatic N) is 7. The Hall–Kier alpha value is -6.29. The minimum atomic E-state index is -1.09. The monoisotopic (exact) mass is 786 g/mol. The molecule has 0 saturated carbocycles. The molecule has 298 valence electrons. The summed E-state index contributed by atoms with van der Waals surface area (Å²) in [7, 11) is 0. The number of benzene rings is 2. The Morgan fingerprint density at radius 1 is 0.828 bits per heavy atom. The number of halogens is 1. The van der Waals surface area contributed by atoms with Gasteiger partial charge in [-0.25, -0.2) is 14.4 Å². The molecule has 58 heavy (non-hydrogen) atoms. The maximum absolute atomic E-state index is 15.4. The summed E-state index contributed by atoms with van der Waals surface area (Å²) in [5.41, 5.74) is 8.18. The van der Waals surface area contributed by atoms with E-state index in [4.69, 9.17) is 9.72 Å². The normalized spacial score (nSPS) is 20.8. The van der Waals surface area contributed by atoms with Crippen molar-refractivity contribution in [2.24, 2.45) is 0 Å². The lowest BCUT2D eigenvalue weighted by molar-refractivity contribution is -0.136. The van der Waals surface area contributed by atoms with Crippen LogP contribution in [0.25, 0.3) is 0 Å². The van der Waals surface area contributed by atoms with E-state index >= 15 is 4.39 Å². The van der Waals surface area contributed by atoms with Crippen molar-refractivity contribution in [2.75, 3.05) is 84.3 Å². The number of anilines is 6. The zero-order chi connectivity index (χ0) is 39.7. The van der Waals surface area contributed by atoms with Gasteiger partial charge in [0.1, 0.15) is 30.0 Å². The van der Waals surface area contributed by atoms with Gasteiger partial charge in [0, 0.05) is 94.5 Å². The Kier molecular flexibility index (Phi) is 8.88. The molecule has 6 aliphatic heterocycles. The molecule has 1 unspecified atom stereocenters. The number of carbonyl (C=O) groups is 4. The number of carbonyl (C=O) groups excluding carboxylic acids is 4. The molecule has 2 aromatic heterocycles. The van der Waals surface area contributed by atoms with Gasteiger partial charge in [0.2, 0.25) is 17.7 Å². The number of nitrogens with one attached hydrogen (secondary N) is 3. The van der Waals surface area contributed by atoms with Gasteiger partial charge >= 0.3 is 0 Å². The highest BCUT2D eigenvalue weighted by molar-refractivity contribution is 6.23. The van der Waals surface area contributed by atoms with Crippen LogP contribution in [-0.2, 0) is 22.6 Å². The average molecular weight is 787 g/mol. The van der Waals surface area contributed by atoms with Crippen LogP contribution in [0.3, 0.4) is 0 Å². The fourth-order valence-electron chi connectivity index (χ4n) is 9.09. The van der Waals surface area contributed by atoms with E-state index in [0.29, 0.717) is 25.6 Å². The largest absolute Gasteiger partial charge is 0.474 e. The standard InChI is InChI=1S/C42H43FN10O5/c1-24-35(20-46-40-38(24)44-9-15-58-40)51-10-8-25-19-45-36(16-26(25)21-51)47-27-2-4-28(5-3-27)49-11-13-50(14-12-49)29-22-52(23-29)34-18-31-30(17-32(34)43)41(56)53(42(31)57)33-6-7-37(54)48-39(33)55/h2-5,16-20,29,33,44H,6-15,21-23H2,1H3,(H,45,47)(H,48,54,55). The number of pyridine rings is 2. The van der Waals surface area contributed by atoms with Crippen LogP contribution in [0.5, 0.6) is 5.88 Å². The average Bonchev–Trinajstić information content (AvgIpc) is 3.45. The molecular formula is C42H43FN10O5. The first-order chi connectivity index (χ1) is 28.2. The number of piperazine rings is 1. The highest BCUT2D eigenvalue weighted by atomic mass is 19.1. The van der Waals surface area contributed by atoms with E-state index in [1.165, 1.54) is 17.2 Å². The van der Waals surface area contributed by atoms with E-state index in [0.717, 1.165) is 97.3 Å². The van der Waals surface area contributed by atoms with Crippen LogP contribution in [0.4, 0.5) is 38.6 Å². The molecule has 0 bridgehead atoms. The fourth-order valence-corrected chi connectivity index (χ4v) is 9.09. The van der Waals surface area contributed by atoms with Crippen molar-refractivity contribution in [3.8, 4) is 5.88 Å². The molecule has 0 aliphatic carbocycles. The molecule has 4 aromatic rings. The van der Waals surface area contributed by atoms with E-state index < -0.39 is 35.5 Å². The highest BCUT2D eigenvalue weighted by Crippen LogP contribution is 2.38. The first kappa shape index (κ1) is 36.1. The molecule has 3 fully saturated rings. The molecule has 3 N–H and O–H groups in total. The van der Waals surface area contributed by atoms with Gasteiger partial charge in [-0.1, -0.05) is 0 Å². The van der Waals surface area contributed by atoms with Crippen LogP contribution in [0, 0.1) is 12.7 Å². The van der Waals surface area contributed by atoms with Crippen LogP contribution >= 0.6 is 0 Å². The summed E-state index contributed by atoms with van der Waals surface area (Å²) in [4.78, 5) is 69.7. The second-order valence-corrected chi connectivity index (χ2v) is 15.8. The predicted octanol–water partition coefficient (Wildman–Crippen LogP) is 3.45. The van der Waals surface area contributed by atoms with Crippen LogP contribution in [0.1, 0.15) is 50.2 Å². The SMILES string of the molecule is Cc1c(N2CCc3cnc(Nc4ccc(N5CCN(C6CN(c7cc8c(cc7F)C(=O)N(C7CCC(=O)NC7=O)C8=O)C6)CC5)cc4)cc3C2)cnc2c1NCCO2. The van der Waals surface area contributed by atoms with Gasteiger partial charge in [0.25, 0.3) is 11.8 Å². The summed E-state index contributed by atoms with van der Waals surface area (Å²) in [6, 6.07) is 12.3. The van der Waals surface area contributed by atoms with E-state index in [1.807, 2.05) is 17.3 Å². The van der Waals surface area contributed by atoms with Crippen molar-refractivity contribution in [3.63, 3.8) is 0 Å². The zero-order valence-electron chi connectivity index (χ0n) is 32.1. The van der Waals surface area contributed by atoms with Crippen LogP contribution in [0.15, 0.2) is 54.9 Å². The van der Waals surface area contributed by atoms with Crippen LogP contribution < -0.4 is 35.4 Å². The lowest BCUT2D eigenvalue weighted by Gasteiger charge is -2.49.